The van der Waals surface area contributed by atoms with Crippen LogP contribution in [0.25, 0.3) is 11.1 Å². The lowest BCUT2D eigenvalue weighted by molar-refractivity contribution is 0.601. The molecule has 6 heteroatoms. The summed E-state index contributed by atoms with van der Waals surface area (Å²) in [4.78, 5) is 0.229. The fourth-order valence-corrected chi connectivity index (χ4v) is 4.99. The first kappa shape index (κ1) is 18.2. The lowest BCUT2D eigenvalue weighted by Crippen LogP contribution is -2.14. The summed E-state index contributed by atoms with van der Waals surface area (Å²) in [6.45, 7) is 1.92. The lowest BCUT2D eigenvalue weighted by Gasteiger charge is -2.16. The van der Waals surface area contributed by atoms with Crippen LogP contribution < -0.4 is 4.72 Å². The van der Waals surface area contributed by atoms with E-state index in [0.717, 1.165) is 21.2 Å². The molecule has 0 aliphatic heterocycles. The molecule has 0 aliphatic rings. The Hall–Kier alpha value is -1.63. The van der Waals surface area contributed by atoms with Gasteiger partial charge in [-0.3, -0.25) is 4.72 Å². The summed E-state index contributed by atoms with van der Waals surface area (Å²) in [5, 5.41) is 0. The van der Waals surface area contributed by atoms with Crippen molar-refractivity contribution in [2.45, 2.75) is 11.8 Å². The summed E-state index contributed by atoms with van der Waals surface area (Å²) in [6, 6.07) is 20.1. The fourth-order valence-electron chi connectivity index (χ4n) is 2.43. The van der Waals surface area contributed by atoms with E-state index in [2.05, 4.69) is 36.6 Å². The number of hydrogen-bond donors (Lipinski definition) is 1. The van der Waals surface area contributed by atoms with Crippen LogP contribution in [-0.4, -0.2) is 8.42 Å². The van der Waals surface area contributed by atoms with Crippen molar-refractivity contribution >= 4 is 47.6 Å². The van der Waals surface area contributed by atoms with E-state index in [1.807, 2.05) is 49.4 Å². The van der Waals surface area contributed by atoms with E-state index in [1.165, 1.54) is 0 Å². The third kappa shape index (κ3) is 4.14. The largest absolute Gasteiger partial charge is 0.278 e. The molecule has 1 N–H and O–H groups in total. The predicted octanol–water partition coefficient (Wildman–Crippen LogP) is 5.99. The standard InChI is InChI=1S/C19H15Br2NO2S/c1-13-7-9-16(10-8-13)25(23,24)22-19-17(11-15(20)12-18(19)21)14-5-3-2-4-6-14/h2-12,22H,1H3. The zero-order valence-corrected chi connectivity index (χ0v) is 17.3. The summed E-state index contributed by atoms with van der Waals surface area (Å²) in [7, 11) is -3.69. The Morgan fingerprint density at radius 3 is 2.16 bits per heavy atom. The summed E-state index contributed by atoms with van der Waals surface area (Å²) >= 11 is 6.94. The molecule has 0 aliphatic carbocycles. The molecule has 3 aromatic rings. The molecule has 0 saturated carbocycles. The van der Waals surface area contributed by atoms with Gasteiger partial charge in [-0.15, -0.1) is 0 Å². The number of benzene rings is 3. The van der Waals surface area contributed by atoms with Crippen molar-refractivity contribution in [2.24, 2.45) is 0 Å². The molecule has 0 heterocycles. The SMILES string of the molecule is Cc1ccc(S(=O)(=O)Nc2c(Br)cc(Br)cc2-c2ccccc2)cc1. The minimum absolute atomic E-state index is 0.229. The first-order valence-electron chi connectivity index (χ1n) is 7.51. The van der Waals surface area contributed by atoms with Gasteiger partial charge in [0.1, 0.15) is 0 Å². The highest BCUT2D eigenvalue weighted by Crippen LogP contribution is 2.38. The van der Waals surface area contributed by atoms with Crippen LogP contribution in [0.4, 0.5) is 5.69 Å². The summed E-state index contributed by atoms with van der Waals surface area (Å²) in [6.07, 6.45) is 0. The average Bonchev–Trinajstić information content (AvgIpc) is 2.58. The Morgan fingerprint density at radius 1 is 0.880 bits per heavy atom. The van der Waals surface area contributed by atoms with E-state index < -0.39 is 10.0 Å². The van der Waals surface area contributed by atoms with Crippen LogP contribution in [0.5, 0.6) is 0 Å². The van der Waals surface area contributed by atoms with Crippen molar-refractivity contribution < 1.29 is 8.42 Å². The van der Waals surface area contributed by atoms with Crippen molar-refractivity contribution in [1.29, 1.82) is 0 Å². The highest BCUT2D eigenvalue weighted by molar-refractivity contribution is 9.11. The van der Waals surface area contributed by atoms with Crippen molar-refractivity contribution in [3.05, 3.63) is 81.2 Å². The smallest absolute Gasteiger partial charge is 0.261 e. The van der Waals surface area contributed by atoms with E-state index >= 15 is 0 Å². The first-order valence-corrected chi connectivity index (χ1v) is 10.6. The van der Waals surface area contributed by atoms with Gasteiger partial charge in [-0.05, 0) is 52.7 Å². The molecule has 0 aromatic heterocycles. The van der Waals surface area contributed by atoms with Gasteiger partial charge < -0.3 is 0 Å². The molecule has 0 amide bonds. The number of rotatable bonds is 4. The normalized spacial score (nSPS) is 11.3. The lowest BCUT2D eigenvalue weighted by atomic mass is 10.0. The maximum Gasteiger partial charge on any atom is 0.261 e. The quantitative estimate of drug-likeness (QED) is 0.498. The molecule has 128 valence electrons. The third-order valence-electron chi connectivity index (χ3n) is 3.71. The van der Waals surface area contributed by atoms with E-state index in [4.69, 9.17) is 0 Å². The zero-order chi connectivity index (χ0) is 18.0. The molecule has 25 heavy (non-hydrogen) atoms. The molecule has 3 aromatic carbocycles. The van der Waals surface area contributed by atoms with E-state index in [-0.39, 0.29) is 4.90 Å². The van der Waals surface area contributed by atoms with Crippen LogP contribution in [-0.2, 0) is 10.0 Å². The molecule has 3 nitrogen and oxygen atoms in total. The average molecular weight is 481 g/mol. The van der Waals surface area contributed by atoms with Crippen molar-refractivity contribution in [2.75, 3.05) is 4.72 Å². The fraction of sp³-hybridized carbons (Fsp3) is 0.0526. The molecule has 3 rings (SSSR count). The van der Waals surface area contributed by atoms with Gasteiger partial charge in [0, 0.05) is 14.5 Å². The number of aryl methyl sites for hydroxylation is 1. The maximum atomic E-state index is 12.8. The van der Waals surface area contributed by atoms with E-state index in [0.29, 0.717) is 10.2 Å². The van der Waals surface area contributed by atoms with E-state index in [9.17, 15) is 8.42 Å². The second kappa shape index (κ2) is 7.32. The van der Waals surface area contributed by atoms with Gasteiger partial charge in [-0.2, -0.15) is 0 Å². The van der Waals surface area contributed by atoms with Crippen LogP contribution in [0.3, 0.4) is 0 Å². The topological polar surface area (TPSA) is 46.2 Å². The molecule has 0 fully saturated rings. The van der Waals surface area contributed by atoms with Crippen LogP contribution in [0.2, 0.25) is 0 Å². The van der Waals surface area contributed by atoms with Crippen LogP contribution >= 0.6 is 31.9 Å². The Kier molecular flexibility index (Phi) is 5.32. The van der Waals surface area contributed by atoms with Crippen molar-refractivity contribution in [3.8, 4) is 11.1 Å². The number of sulfonamides is 1. The highest BCUT2D eigenvalue weighted by Gasteiger charge is 2.19. The van der Waals surface area contributed by atoms with Gasteiger partial charge in [0.2, 0.25) is 0 Å². The second-order valence-electron chi connectivity index (χ2n) is 5.59. The Balaban J connectivity index is 2.10. The summed E-state index contributed by atoms with van der Waals surface area (Å²) < 4.78 is 29.8. The van der Waals surface area contributed by atoms with Gasteiger partial charge in [-0.1, -0.05) is 64.0 Å². The molecule has 0 unspecified atom stereocenters. The minimum atomic E-state index is -3.69. The maximum absolute atomic E-state index is 12.8. The van der Waals surface area contributed by atoms with Crippen LogP contribution in [0, 0.1) is 6.92 Å². The van der Waals surface area contributed by atoms with Gasteiger partial charge in [0.15, 0.2) is 0 Å². The van der Waals surface area contributed by atoms with Gasteiger partial charge >= 0.3 is 0 Å². The molecular formula is C19H15Br2NO2S. The molecule has 0 bridgehead atoms. The number of nitrogens with one attached hydrogen (secondary N) is 1. The monoisotopic (exact) mass is 479 g/mol. The third-order valence-corrected chi connectivity index (χ3v) is 6.16. The number of halogens is 2. The molecule has 0 radical (unpaired) electrons. The Bertz CT molecular complexity index is 1000. The Labute approximate surface area is 164 Å². The minimum Gasteiger partial charge on any atom is -0.278 e. The second-order valence-corrected chi connectivity index (χ2v) is 9.05. The van der Waals surface area contributed by atoms with Crippen molar-refractivity contribution in [3.63, 3.8) is 0 Å². The Morgan fingerprint density at radius 2 is 1.52 bits per heavy atom. The van der Waals surface area contributed by atoms with Gasteiger partial charge in [-0.25, -0.2) is 8.42 Å². The van der Waals surface area contributed by atoms with Gasteiger partial charge in [0.25, 0.3) is 10.0 Å². The first-order chi connectivity index (χ1) is 11.9. The summed E-state index contributed by atoms with van der Waals surface area (Å²) in [5.41, 5.74) is 3.23. The van der Waals surface area contributed by atoms with Crippen LogP contribution in [0.15, 0.2) is 80.6 Å². The highest BCUT2D eigenvalue weighted by atomic mass is 79.9. The van der Waals surface area contributed by atoms with Crippen LogP contribution in [0.1, 0.15) is 5.56 Å². The number of hydrogen-bond acceptors (Lipinski definition) is 2. The predicted molar refractivity (Wildman–Crippen MR) is 109 cm³/mol. The molecule has 0 spiro atoms. The molecule has 0 saturated heterocycles. The zero-order valence-electron chi connectivity index (χ0n) is 13.3. The van der Waals surface area contributed by atoms with Gasteiger partial charge in [0.05, 0.1) is 10.6 Å². The molecule has 0 atom stereocenters. The number of anilines is 1. The van der Waals surface area contributed by atoms with Crippen molar-refractivity contribution in [1.82, 2.24) is 0 Å². The van der Waals surface area contributed by atoms with E-state index in [1.54, 1.807) is 24.3 Å². The molecular weight excluding hydrogens is 466 g/mol. The summed E-state index contributed by atoms with van der Waals surface area (Å²) in [5.74, 6) is 0.